The highest BCUT2D eigenvalue weighted by molar-refractivity contribution is 7.09. The molecule has 0 fully saturated rings. The number of hydrogen-bond donors (Lipinski definition) is 2. The summed E-state index contributed by atoms with van der Waals surface area (Å²) in [4.78, 5) is 15.8. The molecule has 5 heteroatoms. The van der Waals surface area contributed by atoms with Crippen LogP contribution < -0.4 is 5.32 Å². The fourth-order valence-electron chi connectivity index (χ4n) is 1.29. The van der Waals surface area contributed by atoms with Crippen LogP contribution in [0.2, 0.25) is 0 Å². The van der Waals surface area contributed by atoms with E-state index in [1.165, 1.54) is 0 Å². The largest absolute Gasteiger partial charge is 0.393 e. The van der Waals surface area contributed by atoms with Crippen molar-refractivity contribution in [2.45, 2.75) is 45.8 Å². The maximum Gasteiger partial charge on any atom is 0.220 e. The van der Waals surface area contributed by atoms with Crippen molar-refractivity contribution in [1.82, 2.24) is 10.3 Å². The van der Waals surface area contributed by atoms with Gasteiger partial charge in [0.1, 0.15) is 5.01 Å². The smallest absolute Gasteiger partial charge is 0.220 e. The lowest BCUT2D eigenvalue weighted by Gasteiger charge is -2.11. The third kappa shape index (κ3) is 4.28. The van der Waals surface area contributed by atoms with Crippen molar-refractivity contribution in [1.29, 1.82) is 0 Å². The number of aryl methyl sites for hydroxylation is 1. The van der Waals surface area contributed by atoms with Gasteiger partial charge in [0.05, 0.1) is 12.1 Å². The number of carbonyl (C=O) groups excluding carboxylic acids is 1. The molecule has 90 valence electrons. The van der Waals surface area contributed by atoms with Crippen LogP contribution in [-0.2, 0) is 4.79 Å². The van der Waals surface area contributed by atoms with Crippen LogP contribution in [-0.4, -0.2) is 22.1 Å². The van der Waals surface area contributed by atoms with Crippen molar-refractivity contribution in [2.24, 2.45) is 0 Å². The van der Waals surface area contributed by atoms with Gasteiger partial charge in [-0.05, 0) is 27.2 Å². The summed E-state index contributed by atoms with van der Waals surface area (Å²) >= 11 is 1.55. The van der Waals surface area contributed by atoms with Crippen molar-refractivity contribution in [3.05, 3.63) is 16.1 Å². The van der Waals surface area contributed by atoms with Gasteiger partial charge in [0.15, 0.2) is 0 Å². The number of aliphatic hydroxyl groups excluding tert-OH is 1. The van der Waals surface area contributed by atoms with Gasteiger partial charge >= 0.3 is 0 Å². The van der Waals surface area contributed by atoms with Gasteiger partial charge in [0, 0.05) is 17.5 Å². The number of nitrogens with zero attached hydrogens (tertiary/aromatic N) is 1. The van der Waals surface area contributed by atoms with Gasteiger partial charge in [-0.1, -0.05) is 0 Å². The van der Waals surface area contributed by atoms with Crippen LogP contribution in [0.15, 0.2) is 5.38 Å². The topological polar surface area (TPSA) is 62.2 Å². The second-order valence-corrected chi connectivity index (χ2v) is 4.89. The molecule has 1 aromatic rings. The van der Waals surface area contributed by atoms with Crippen LogP contribution in [0.3, 0.4) is 0 Å². The fourth-order valence-corrected chi connectivity index (χ4v) is 2.09. The van der Waals surface area contributed by atoms with Crippen molar-refractivity contribution in [3.8, 4) is 0 Å². The average molecular weight is 242 g/mol. The van der Waals surface area contributed by atoms with E-state index in [0.717, 1.165) is 10.7 Å². The predicted octanol–water partition coefficient (Wildman–Crippen LogP) is 1.79. The Bertz CT molecular complexity index is 350. The standard InChI is InChI=1S/C11H18N2O2S/c1-7-6-16-11(12-7)9(3)13-10(15)5-4-8(2)14/h6,8-9,14H,4-5H2,1-3H3,(H,13,15). The molecule has 2 atom stereocenters. The first-order valence-corrected chi connectivity index (χ1v) is 6.26. The maximum absolute atomic E-state index is 11.5. The number of aromatic nitrogens is 1. The highest BCUT2D eigenvalue weighted by Gasteiger charge is 2.12. The molecule has 0 spiro atoms. The molecule has 0 bridgehead atoms. The number of carbonyl (C=O) groups is 1. The fraction of sp³-hybridized carbons (Fsp3) is 0.636. The maximum atomic E-state index is 11.5. The molecule has 0 aliphatic rings. The Kier molecular flexibility index (Phi) is 4.89. The van der Waals surface area contributed by atoms with Crippen LogP contribution in [0.25, 0.3) is 0 Å². The van der Waals surface area contributed by atoms with Crippen LogP contribution in [0.1, 0.15) is 43.4 Å². The van der Waals surface area contributed by atoms with E-state index in [-0.39, 0.29) is 11.9 Å². The summed E-state index contributed by atoms with van der Waals surface area (Å²) < 4.78 is 0. The molecule has 0 aliphatic heterocycles. The van der Waals surface area contributed by atoms with Crippen molar-refractivity contribution >= 4 is 17.2 Å². The molecule has 1 aromatic heterocycles. The van der Waals surface area contributed by atoms with Gasteiger partial charge in [-0.25, -0.2) is 4.98 Å². The van der Waals surface area contributed by atoms with E-state index in [0.29, 0.717) is 12.8 Å². The zero-order valence-electron chi connectivity index (χ0n) is 9.86. The summed E-state index contributed by atoms with van der Waals surface area (Å²) in [7, 11) is 0. The molecule has 0 saturated heterocycles. The summed E-state index contributed by atoms with van der Waals surface area (Å²) in [6, 6.07) is -0.0554. The lowest BCUT2D eigenvalue weighted by molar-refractivity contribution is -0.122. The summed E-state index contributed by atoms with van der Waals surface area (Å²) in [6.45, 7) is 5.53. The minimum absolute atomic E-state index is 0.0405. The quantitative estimate of drug-likeness (QED) is 0.827. The highest BCUT2D eigenvalue weighted by atomic mass is 32.1. The minimum atomic E-state index is -0.428. The number of hydrogen-bond acceptors (Lipinski definition) is 4. The molecule has 2 unspecified atom stereocenters. The van der Waals surface area contributed by atoms with E-state index >= 15 is 0 Å². The Morgan fingerprint density at radius 1 is 1.62 bits per heavy atom. The summed E-state index contributed by atoms with van der Waals surface area (Å²) in [5, 5.41) is 14.8. The first kappa shape index (κ1) is 13.1. The summed E-state index contributed by atoms with van der Waals surface area (Å²) in [5.74, 6) is -0.0405. The van der Waals surface area contributed by atoms with Crippen molar-refractivity contribution in [2.75, 3.05) is 0 Å². The van der Waals surface area contributed by atoms with Gasteiger partial charge in [-0.2, -0.15) is 0 Å². The third-order valence-corrected chi connectivity index (χ3v) is 3.32. The van der Waals surface area contributed by atoms with Gasteiger partial charge in [0.25, 0.3) is 0 Å². The molecule has 0 aliphatic carbocycles. The first-order valence-electron chi connectivity index (χ1n) is 5.38. The van der Waals surface area contributed by atoms with E-state index in [1.54, 1.807) is 18.3 Å². The molecule has 4 nitrogen and oxygen atoms in total. The lowest BCUT2D eigenvalue weighted by Crippen LogP contribution is -2.27. The van der Waals surface area contributed by atoms with E-state index < -0.39 is 6.10 Å². The zero-order chi connectivity index (χ0) is 12.1. The number of rotatable bonds is 5. The molecular formula is C11H18N2O2S. The molecule has 2 N–H and O–H groups in total. The van der Waals surface area contributed by atoms with Gasteiger partial charge < -0.3 is 10.4 Å². The van der Waals surface area contributed by atoms with Crippen molar-refractivity contribution < 1.29 is 9.90 Å². The molecule has 0 radical (unpaired) electrons. The molecule has 16 heavy (non-hydrogen) atoms. The zero-order valence-corrected chi connectivity index (χ0v) is 10.7. The molecule has 1 amide bonds. The normalized spacial score (nSPS) is 14.5. The van der Waals surface area contributed by atoms with Gasteiger partial charge in [-0.15, -0.1) is 11.3 Å². The Morgan fingerprint density at radius 3 is 2.81 bits per heavy atom. The van der Waals surface area contributed by atoms with Crippen molar-refractivity contribution in [3.63, 3.8) is 0 Å². The van der Waals surface area contributed by atoms with E-state index in [1.807, 2.05) is 19.2 Å². The third-order valence-electron chi connectivity index (χ3n) is 2.17. The Morgan fingerprint density at radius 2 is 2.31 bits per heavy atom. The van der Waals surface area contributed by atoms with Gasteiger partial charge in [0.2, 0.25) is 5.91 Å². The minimum Gasteiger partial charge on any atom is -0.393 e. The van der Waals surface area contributed by atoms with E-state index in [2.05, 4.69) is 10.3 Å². The van der Waals surface area contributed by atoms with Crippen LogP contribution >= 0.6 is 11.3 Å². The Labute approximate surface area is 99.7 Å². The molecule has 0 saturated carbocycles. The summed E-state index contributed by atoms with van der Waals surface area (Å²) in [5.41, 5.74) is 0.977. The number of amides is 1. The molecular weight excluding hydrogens is 224 g/mol. The highest BCUT2D eigenvalue weighted by Crippen LogP contribution is 2.17. The second-order valence-electron chi connectivity index (χ2n) is 4.00. The Hall–Kier alpha value is -0.940. The SMILES string of the molecule is Cc1csc(C(C)NC(=O)CCC(C)O)n1. The molecule has 1 rings (SSSR count). The second kappa shape index (κ2) is 5.96. The van der Waals surface area contributed by atoms with E-state index in [9.17, 15) is 4.79 Å². The number of aliphatic hydroxyl groups is 1. The number of nitrogens with one attached hydrogen (secondary N) is 1. The van der Waals surface area contributed by atoms with Crippen LogP contribution in [0.4, 0.5) is 0 Å². The lowest BCUT2D eigenvalue weighted by atomic mass is 10.2. The molecule has 0 aromatic carbocycles. The van der Waals surface area contributed by atoms with Gasteiger partial charge in [-0.3, -0.25) is 4.79 Å². The molecule has 1 heterocycles. The Balaban J connectivity index is 2.39. The first-order chi connectivity index (χ1) is 7.49. The average Bonchev–Trinajstić information content (AvgIpc) is 2.62. The van der Waals surface area contributed by atoms with Crippen LogP contribution in [0.5, 0.6) is 0 Å². The monoisotopic (exact) mass is 242 g/mol. The number of thiazole rings is 1. The predicted molar refractivity (Wildman–Crippen MR) is 64.3 cm³/mol. The summed E-state index contributed by atoms with van der Waals surface area (Å²) in [6.07, 6.45) is 0.421. The van der Waals surface area contributed by atoms with E-state index in [4.69, 9.17) is 5.11 Å². The van der Waals surface area contributed by atoms with Crippen LogP contribution in [0, 0.1) is 6.92 Å².